The lowest BCUT2D eigenvalue weighted by molar-refractivity contribution is -0.120. The average molecular weight is 313 g/mol. The van der Waals surface area contributed by atoms with Crippen LogP contribution in [0.5, 0.6) is 0 Å². The topological polar surface area (TPSA) is 92.4 Å². The maximum Gasteiger partial charge on any atom is 0.337 e. The molecule has 0 saturated carbocycles. The molecule has 6 heteroatoms. The summed E-state index contributed by atoms with van der Waals surface area (Å²) >= 11 is 5.86. The lowest BCUT2D eigenvalue weighted by Crippen LogP contribution is -2.32. The molecule has 0 aliphatic rings. The molecule has 1 rings (SSSR count). The molecular weight excluding hydrogens is 292 g/mol. The van der Waals surface area contributed by atoms with E-state index in [1.165, 1.54) is 18.2 Å². The van der Waals surface area contributed by atoms with Crippen LogP contribution >= 0.6 is 11.6 Å². The predicted octanol–water partition coefficient (Wildman–Crippen LogP) is 2.99. The van der Waals surface area contributed by atoms with Gasteiger partial charge in [-0.1, -0.05) is 32.4 Å². The highest BCUT2D eigenvalue weighted by Gasteiger charge is 2.25. The largest absolute Gasteiger partial charge is 0.478 e. The Hall–Kier alpha value is -1.59. The number of nitrogens with one attached hydrogen (secondary N) is 1. The van der Waals surface area contributed by atoms with Gasteiger partial charge in [-0.05, 0) is 30.0 Å². The molecule has 116 valence electrons. The molecule has 0 aromatic heterocycles. The number of carbonyl (C=O) groups excluding carboxylic acids is 1. The van der Waals surface area contributed by atoms with E-state index in [1.807, 2.05) is 20.8 Å². The fourth-order valence-electron chi connectivity index (χ4n) is 2.06. The summed E-state index contributed by atoms with van der Waals surface area (Å²) in [5.41, 5.74) is 5.80. The number of rotatable bonds is 5. The number of benzene rings is 1. The van der Waals surface area contributed by atoms with Gasteiger partial charge in [0.1, 0.15) is 0 Å². The van der Waals surface area contributed by atoms with Crippen LogP contribution in [0, 0.1) is 11.3 Å². The highest BCUT2D eigenvalue weighted by molar-refractivity contribution is 6.31. The van der Waals surface area contributed by atoms with Crippen molar-refractivity contribution in [2.45, 2.75) is 27.2 Å². The van der Waals surface area contributed by atoms with Crippen molar-refractivity contribution in [1.29, 1.82) is 0 Å². The molecule has 4 N–H and O–H groups in total. The van der Waals surface area contributed by atoms with Crippen LogP contribution in [-0.2, 0) is 4.79 Å². The van der Waals surface area contributed by atoms with Crippen molar-refractivity contribution in [1.82, 2.24) is 0 Å². The van der Waals surface area contributed by atoms with Gasteiger partial charge < -0.3 is 16.2 Å². The first kappa shape index (κ1) is 17.5. The number of anilines is 1. The second-order valence-electron chi connectivity index (χ2n) is 6.18. The number of aromatic carboxylic acids is 1. The molecule has 5 nitrogen and oxygen atoms in total. The zero-order valence-electron chi connectivity index (χ0n) is 12.4. The molecule has 1 amide bonds. The van der Waals surface area contributed by atoms with Gasteiger partial charge in [-0.15, -0.1) is 0 Å². The van der Waals surface area contributed by atoms with Crippen LogP contribution in [0.4, 0.5) is 5.69 Å². The molecule has 0 radical (unpaired) electrons. The number of carboxylic acids is 1. The van der Waals surface area contributed by atoms with E-state index in [1.54, 1.807) is 0 Å². The Morgan fingerprint density at radius 2 is 2.00 bits per heavy atom. The van der Waals surface area contributed by atoms with Gasteiger partial charge >= 0.3 is 5.97 Å². The average Bonchev–Trinajstić information content (AvgIpc) is 2.34. The summed E-state index contributed by atoms with van der Waals surface area (Å²) in [7, 11) is 0. The molecular formula is C15H21ClN2O3. The number of hydrogen-bond acceptors (Lipinski definition) is 3. The van der Waals surface area contributed by atoms with Gasteiger partial charge in [0.05, 0.1) is 17.2 Å². The number of halogens is 1. The Labute approximate surface area is 129 Å². The van der Waals surface area contributed by atoms with Crippen LogP contribution in [0.25, 0.3) is 0 Å². The fraction of sp³-hybridized carbons (Fsp3) is 0.467. The number of carbonyl (C=O) groups is 2. The van der Waals surface area contributed by atoms with E-state index >= 15 is 0 Å². The summed E-state index contributed by atoms with van der Waals surface area (Å²) in [5.74, 6) is -1.80. The normalized spacial score (nSPS) is 12.8. The maximum atomic E-state index is 12.3. The van der Waals surface area contributed by atoms with Crippen LogP contribution in [0.15, 0.2) is 18.2 Å². The molecule has 21 heavy (non-hydrogen) atoms. The quantitative estimate of drug-likeness (QED) is 0.779. The molecule has 0 bridgehead atoms. The van der Waals surface area contributed by atoms with Gasteiger partial charge in [0.25, 0.3) is 0 Å². The summed E-state index contributed by atoms with van der Waals surface area (Å²) in [6.07, 6.45) is 0.609. The molecule has 0 spiro atoms. The Morgan fingerprint density at radius 1 is 1.38 bits per heavy atom. The van der Waals surface area contributed by atoms with Crippen molar-refractivity contribution in [2.75, 3.05) is 11.9 Å². The molecule has 1 aromatic rings. The van der Waals surface area contributed by atoms with Gasteiger partial charge in [0, 0.05) is 11.6 Å². The van der Waals surface area contributed by atoms with Gasteiger partial charge in [0.2, 0.25) is 5.91 Å². The minimum atomic E-state index is -1.12. The maximum absolute atomic E-state index is 12.3. The molecule has 0 fully saturated rings. The molecule has 0 aliphatic carbocycles. The Kier molecular flexibility index (Phi) is 5.75. The highest BCUT2D eigenvalue weighted by Crippen LogP contribution is 2.26. The van der Waals surface area contributed by atoms with Gasteiger partial charge in [-0.25, -0.2) is 4.79 Å². The van der Waals surface area contributed by atoms with Crippen molar-refractivity contribution < 1.29 is 14.7 Å². The van der Waals surface area contributed by atoms with Gasteiger partial charge in [0.15, 0.2) is 0 Å². The second kappa shape index (κ2) is 6.91. The van der Waals surface area contributed by atoms with E-state index in [-0.39, 0.29) is 35.0 Å². The second-order valence-corrected chi connectivity index (χ2v) is 6.62. The lowest BCUT2D eigenvalue weighted by Gasteiger charge is -2.24. The summed E-state index contributed by atoms with van der Waals surface area (Å²) in [5, 5.41) is 12.1. The summed E-state index contributed by atoms with van der Waals surface area (Å²) in [6.45, 7) is 6.26. The predicted molar refractivity (Wildman–Crippen MR) is 83.7 cm³/mol. The number of nitrogens with two attached hydrogens (primary N) is 1. The van der Waals surface area contributed by atoms with Crippen LogP contribution in [0.3, 0.4) is 0 Å². The van der Waals surface area contributed by atoms with Crippen molar-refractivity contribution >= 4 is 29.2 Å². The van der Waals surface area contributed by atoms with E-state index in [0.29, 0.717) is 11.4 Å². The first-order valence-electron chi connectivity index (χ1n) is 6.68. The first-order chi connectivity index (χ1) is 9.64. The molecule has 1 aromatic carbocycles. The van der Waals surface area contributed by atoms with E-state index in [2.05, 4.69) is 5.32 Å². The summed E-state index contributed by atoms with van der Waals surface area (Å²) in [4.78, 5) is 23.4. The third-order valence-corrected chi connectivity index (χ3v) is 3.22. The van der Waals surface area contributed by atoms with Crippen molar-refractivity contribution in [3.8, 4) is 0 Å². The Morgan fingerprint density at radius 3 is 2.48 bits per heavy atom. The Bertz CT molecular complexity index is 538. The SMILES string of the molecule is CC(C)(C)CC(CN)C(=O)Nc1cc(Cl)ccc1C(=O)O. The number of amides is 1. The third-order valence-electron chi connectivity index (χ3n) is 2.98. The fourth-order valence-corrected chi connectivity index (χ4v) is 2.24. The molecule has 0 heterocycles. The molecule has 1 unspecified atom stereocenters. The van der Waals surface area contributed by atoms with E-state index in [4.69, 9.17) is 22.4 Å². The summed E-state index contributed by atoms with van der Waals surface area (Å²) in [6, 6.07) is 4.26. The highest BCUT2D eigenvalue weighted by atomic mass is 35.5. The monoisotopic (exact) mass is 312 g/mol. The van der Waals surface area contributed by atoms with E-state index in [0.717, 1.165) is 0 Å². The zero-order chi connectivity index (χ0) is 16.2. The zero-order valence-corrected chi connectivity index (χ0v) is 13.2. The third kappa shape index (κ3) is 5.36. The summed E-state index contributed by atoms with van der Waals surface area (Å²) < 4.78 is 0. The molecule has 1 atom stereocenters. The van der Waals surface area contributed by atoms with Gasteiger partial charge in [-0.2, -0.15) is 0 Å². The van der Waals surface area contributed by atoms with E-state index in [9.17, 15) is 9.59 Å². The van der Waals surface area contributed by atoms with Crippen molar-refractivity contribution in [3.05, 3.63) is 28.8 Å². The minimum Gasteiger partial charge on any atom is -0.478 e. The van der Waals surface area contributed by atoms with Crippen LogP contribution in [-0.4, -0.2) is 23.5 Å². The Balaban J connectivity index is 2.96. The lowest BCUT2D eigenvalue weighted by atomic mass is 9.84. The van der Waals surface area contributed by atoms with Crippen molar-refractivity contribution in [2.24, 2.45) is 17.1 Å². The van der Waals surface area contributed by atoms with Crippen LogP contribution in [0.1, 0.15) is 37.6 Å². The van der Waals surface area contributed by atoms with Crippen LogP contribution in [0.2, 0.25) is 5.02 Å². The number of hydrogen-bond donors (Lipinski definition) is 3. The van der Waals surface area contributed by atoms with Crippen LogP contribution < -0.4 is 11.1 Å². The first-order valence-corrected chi connectivity index (χ1v) is 7.05. The molecule has 0 aliphatic heterocycles. The number of carboxylic acid groups (broad SMARTS) is 1. The minimum absolute atomic E-state index is 0.000667. The van der Waals surface area contributed by atoms with E-state index < -0.39 is 5.97 Å². The van der Waals surface area contributed by atoms with Crippen molar-refractivity contribution in [3.63, 3.8) is 0 Å². The molecule has 0 saturated heterocycles. The standard InChI is InChI=1S/C15H21ClN2O3/c1-15(2,3)7-9(8-17)13(19)18-12-6-10(16)4-5-11(12)14(20)21/h4-6,9H,7-8,17H2,1-3H3,(H,18,19)(H,20,21). The van der Waals surface area contributed by atoms with Gasteiger partial charge in [-0.3, -0.25) is 4.79 Å². The smallest absolute Gasteiger partial charge is 0.337 e.